The Morgan fingerprint density at radius 3 is 2.89 bits per heavy atom. The summed E-state index contributed by atoms with van der Waals surface area (Å²) in [5, 5.41) is 19.5. The van der Waals surface area contributed by atoms with Crippen LogP contribution in [0.25, 0.3) is 0 Å². The number of rotatable bonds is 3. The average molecular weight is 248 g/mol. The van der Waals surface area contributed by atoms with Gasteiger partial charge < -0.3 is 9.47 Å². The van der Waals surface area contributed by atoms with Crippen molar-refractivity contribution in [3.63, 3.8) is 0 Å². The monoisotopic (exact) mass is 248 g/mol. The molecule has 1 saturated heterocycles. The number of nitrogens with zero attached hydrogens (tertiary/aromatic N) is 2. The number of carbonyl (C=O) groups is 1. The highest BCUT2D eigenvalue weighted by Crippen LogP contribution is 2.30. The molecule has 1 aliphatic heterocycles. The number of carbonyl (C=O) groups excluding carboxylic acids is 1. The third-order valence-electron chi connectivity index (χ3n) is 2.44. The van der Waals surface area contributed by atoms with Gasteiger partial charge in [-0.25, -0.2) is 4.79 Å². The standard InChI is InChI=1S/C11H8N2O5/c12-6-7-1-2-9(8(5-7)13(15)16)18-10-3-4-17-11(10)14/h1-2,5,10H,3-4H2. The molecular formula is C11H8N2O5. The number of benzene rings is 1. The molecule has 2 rings (SSSR count). The van der Waals surface area contributed by atoms with E-state index in [2.05, 4.69) is 0 Å². The second-order valence-corrected chi connectivity index (χ2v) is 3.61. The van der Waals surface area contributed by atoms with Gasteiger partial charge in [0.15, 0.2) is 11.9 Å². The number of ether oxygens (including phenoxy) is 2. The van der Waals surface area contributed by atoms with Gasteiger partial charge in [-0.1, -0.05) is 0 Å². The Morgan fingerprint density at radius 2 is 2.33 bits per heavy atom. The predicted molar refractivity (Wildman–Crippen MR) is 57.8 cm³/mol. The van der Waals surface area contributed by atoms with E-state index in [-0.39, 0.29) is 23.6 Å². The van der Waals surface area contributed by atoms with Crippen molar-refractivity contribution in [1.82, 2.24) is 0 Å². The number of nitro groups is 1. The van der Waals surface area contributed by atoms with Crippen LogP contribution in [-0.2, 0) is 9.53 Å². The maximum atomic E-state index is 11.2. The Hall–Kier alpha value is -2.62. The van der Waals surface area contributed by atoms with Crippen molar-refractivity contribution < 1.29 is 19.2 Å². The third kappa shape index (κ3) is 2.22. The number of hydrogen-bond donors (Lipinski definition) is 0. The van der Waals surface area contributed by atoms with Gasteiger partial charge in [-0.05, 0) is 12.1 Å². The fourth-order valence-electron chi connectivity index (χ4n) is 1.57. The number of nitro benzene ring substituents is 1. The van der Waals surface area contributed by atoms with Gasteiger partial charge in [0.1, 0.15) is 0 Å². The normalized spacial score (nSPS) is 17.9. The van der Waals surface area contributed by atoms with Crippen LogP contribution in [0, 0.1) is 21.4 Å². The van der Waals surface area contributed by atoms with E-state index in [1.165, 1.54) is 12.1 Å². The first-order chi connectivity index (χ1) is 8.61. The zero-order valence-electron chi connectivity index (χ0n) is 9.16. The van der Waals surface area contributed by atoms with E-state index in [9.17, 15) is 14.9 Å². The van der Waals surface area contributed by atoms with Crippen LogP contribution in [0.15, 0.2) is 18.2 Å². The summed E-state index contributed by atoms with van der Waals surface area (Å²) >= 11 is 0. The third-order valence-corrected chi connectivity index (χ3v) is 2.44. The van der Waals surface area contributed by atoms with Gasteiger partial charge in [0.25, 0.3) is 0 Å². The minimum Gasteiger partial charge on any atom is -0.471 e. The first-order valence-electron chi connectivity index (χ1n) is 5.13. The Balaban J connectivity index is 2.30. The Kier molecular flexibility index (Phi) is 3.10. The average Bonchev–Trinajstić information content (AvgIpc) is 2.75. The fourth-order valence-corrected chi connectivity index (χ4v) is 1.57. The van der Waals surface area contributed by atoms with Crippen molar-refractivity contribution >= 4 is 11.7 Å². The minimum absolute atomic E-state index is 0.0390. The Labute approximate surface area is 102 Å². The largest absolute Gasteiger partial charge is 0.471 e. The molecule has 0 N–H and O–H groups in total. The summed E-state index contributed by atoms with van der Waals surface area (Å²) in [5.41, 5.74) is -0.184. The van der Waals surface area contributed by atoms with Crippen LogP contribution < -0.4 is 4.74 Å². The Bertz CT molecular complexity index is 549. The van der Waals surface area contributed by atoms with E-state index in [4.69, 9.17) is 14.7 Å². The van der Waals surface area contributed by atoms with Crippen LogP contribution in [0.3, 0.4) is 0 Å². The molecule has 0 saturated carbocycles. The highest BCUT2D eigenvalue weighted by Gasteiger charge is 2.30. The molecule has 7 nitrogen and oxygen atoms in total. The van der Waals surface area contributed by atoms with Crippen molar-refractivity contribution in [1.29, 1.82) is 5.26 Å². The summed E-state index contributed by atoms with van der Waals surface area (Å²) in [6.07, 6.45) is -0.465. The van der Waals surface area contributed by atoms with Gasteiger partial charge in [-0.2, -0.15) is 5.26 Å². The van der Waals surface area contributed by atoms with E-state index >= 15 is 0 Å². The first-order valence-corrected chi connectivity index (χ1v) is 5.13. The molecule has 0 aliphatic carbocycles. The first kappa shape index (κ1) is 11.9. The van der Waals surface area contributed by atoms with Crippen molar-refractivity contribution in [2.45, 2.75) is 12.5 Å². The summed E-state index contributed by atoms with van der Waals surface area (Å²) < 4.78 is 9.95. The molecule has 0 radical (unpaired) electrons. The van der Waals surface area contributed by atoms with Crippen LogP contribution >= 0.6 is 0 Å². The molecule has 1 aromatic carbocycles. The smallest absolute Gasteiger partial charge is 0.347 e. The van der Waals surface area contributed by atoms with Gasteiger partial charge in [-0.3, -0.25) is 10.1 Å². The second kappa shape index (κ2) is 4.71. The van der Waals surface area contributed by atoms with Crippen LogP contribution in [-0.4, -0.2) is 23.6 Å². The highest BCUT2D eigenvalue weighted by atomic mass is 16.6. The lowest BCUT2D eigenvalue weighted by Gasteiger charge is -2.09. The summed E-state index contributed by atoms with van der Waals surface area (Å²) in [6.45, 7) is 0.244. The minimum atomic E-state index is -0.823. The van der Waals surface area contributed by atoms with Gasteiger partial charge in [0.05, 0.1) is 23.2 Å². The van der Waals surface area contributed by atoms with Gasteiger partial charge in [0.2, 0.25) is 0 Å². The molecular weight excluding hydrogens is 240 g/mol. The van der Waals surface area contributed by atoms with Crippen LogP contribution in [0.4, 0.5) is 5.69 Å². The van der Waals surface area contributed by atoms with Gasteiger partial charge in [-0.15, -0.1) is 0 Å². The zero-order chi connectivity index (χ0) is 13.1. The number of cyclic esters (lactones) is 1. The molecule has 0 aromatic heterocycles. The van der Waals surface area contributed by atoms with Crippen molar-refractivity contribution in [2.24, 2.45) is 0 Å². The van der Waals surface area contributed by atoms with Crippen LogP contribution in [0.5, 0.6) is 5.75 Å². The SMILES string of the molecule is N#Cc1ccc(OC2CCOC2=O)c([N+](=O)[O-])c1. The Morgan fingerprint density at radius 1 is 1.56 bits per heavy atom. The van der Waals surface area contributed by atoms with E-state index in [0.29, 0.717) is 6.42 Å². The molecule has 18 heavy (non-hydrogen) atoms. The summed E-state index contributed by atoms with van der Waals surface area (Å²) in [6, 6.07) is 5.61. The van der Waals surface area contributed by atoms with E-state index in [0.717, 1.165) is 6.07 Å². The van der Waals surface area contributed by atoms with Crippen molar-refractivity contribution in [2.75, 3.05) is 6.61 Å². The molecule has 0 spiro atoms. The van der Waals surface area contributed by atoms with Crippen molar-refractivity contribution in [3.8, 4) is 11.8 Å². The number of nitriles is 1. The lowest BCUT2D eigenvalue weighted by atomic mass is 10.2. The highest BCUT2D eigenvalue weighted by molar-refractivity contribution is 5.77. The van der Waals surface area contributed by atoms with Crippen molar-refractivity contribution in [3.05, 3.63) is 33.9 Å². The molecule has 1 atom stereocenters. The predicted octanol–water partition coefficient (Wildman–Crippen LogP) is 1.16. The van der Waals surface area contributed by atoms with Crippen LogP contribution in [0.1, 0.15) is 12.0 Å². The molecule has 0 amide bonds. The van der Waals surface area contributed by atoms with Gasteiger partial charge >= 0.3 is 11.7 Å². The molecule has 1 fully saturated rings. The number of esters is 1. The fraction of sp³-hybridized carbons (Fsp3) is 0.273. The van der Waals surface area contributed by atoms with E-state index in [1.807, 2.05) is 0 Å². The number of hydrogen-bond acceptors (Lipinski definition) is 6. The summed E-state index contributed by atoms with van der Waals surface area (Å²) in [5.74, 6) is -0.573. The summed E-state index contributed by atoms with van der Waals surface area (Å²) in [4.78, 5) is 21.4. The molecule has 1 aliphatic rings. The molecule has 92 valence electrons. The summed E-state index contributed by atoms with van der Waals surface area (Å²) in [7, 11) is 0. The maximum Gasteiger partial charge on any atom is 0.347 e. The molecule has 1 heterocycles. The molecule has 7 heteroatoms. The molecule has 1 aromatic rings. The van der Waals surface area contributed by atoms with E-state index in [1.54, 1.807) is 6.07 Å². The lowest BCUT2D eigenvalue weighted by Crippen LogP contribution is -2.22. The quantitative estimate of drug-likeness (QED) is 0.451. The zero-order valence-corrected chi connectivity index (χ0v) is 9.16. The van der Waals surface area contributed by atoms with Crippen LogP contribution in [0.2, 0.25) is 0 Å². The van der Waals surface area contributed by atoms with E-state index < -0.39 is 17.0 Å². The lowest BCUT2D eigenvalue weighted by molar-refractivity contribution is -0.386. The molecule has 1 unspecified atom stereocenters. The maximum absolute atomic E-state index is 11.2. The van der Waals surface area contributed by atoms with Gasteiger partial charge in [0, 0.05) is 12.5 Å². The second-order valence-electron chi connectivity index (χ2n) is 3.61. The molecule has 0 bridgehead atoms. The topological polar surface area (TPSA) is 102 Å².